The van der Waals surface area contributed by atoms with E-state index in [1.165, 1.54) is 5.56 Å². The molecule has 0 aliphatic carbocycles. The van der Waals surface area contributed by atoms with Crippen LogP contribution in [0, 0.1) is 12.3 Å². The van der Waals surface area contributed by atoms with Gasteiger partial charge in [-0.15, -0.1) is 0 Å². The Hall–Kier alpha value is -0.800. The number of rotatable bonds is 4. The Morgan fingerprint density at radius 3 is 2.41 bits per heavy atom. The lowest BCUT2D eigenvalue weighted by molar-refractivity contribution is 0.134. The Bertz CT molecular complexity index is 363. The SMILES string of the molecule is Cc1oc(CN)cc1CN(C)C(C)C(C)(C)C. The van der Waals surface area contributed by atoms with Crippen LogP contribution in [0.4, 0.5) is 0 Å². The van der Waals surface area contributed by atoms with Crippen LogP contribution in [0.1, 0.15) is 44.8 Å². The Balaban J connectivity index is 2.74. The Morgan fingerprint density at radius 1 is 1.41 bits per heavy atom. The van der Waals surface area contributed by atoms with Crippen LogP contribution < -0.4 is 5.73 Å². The lowest BCUT2D eigenvalue weighted by Gasteiger charge is -2.35. The number of aryl methyl sites for hydroxylation is 1. The lowest BCUT2D eigenvalue weighted by Crippen LogP contribution is -2.38. The van der Waals surface area contributed by atoms with Gasteiger partial charge in [0.05, 0.1) is 6.54 Å². The molecule has 3 heteroatoms. The summed E-state index contributed by atoms with van der Waals surface area (Å²) in [5.41, 5.74) is 7.11. The second kappa shape index (κ2) is 5.23. The average Bonchev–Trinajstić information content (AvgIpc) is 2.57. The number of nitrogens with two attached hydrogens (primary N) is 1. The van der Waals surface area contributed by atoms with Crippen molar-refractivity contribution in [2.75, 3.05) is 7.05 Å². The third-order valence-electron chi connectivity index (χ3n) is 3.61. The summed E-state index contributed by atoms with van der Waals surface area (Å²) in [6, 6.07) is 2.58. The normalized spacial score (nSPS) is 14.4. The summed E-state index contributed by atoms with van der Waals surface area (Å²) in [5, 5.41) is 0. The molecule has 0 bridgehead atoms. The molecule has 0 amide bonds. The molecule has 0 radical (unpaired) electrons. The maximum atomic E-state index is 5.58. The van der Waals surface area contributed by atoms with Gasteiger partial charge in [0.2, 0.25) is 0 Å². The van der Waals surface area contributed by atoms with E-state index in [0.717, 1.165) is 18.1 Å². The van der Waals surface area contributed by atoms with Gasteiger partial charge in [0.15, 0.2) is 0 Å². The summed E-state index contributed by atoms with van der Waals surface area (Å²) in [7, 11) is 2.16. The zero-order valence-electron chi connectivity index (χ0n) is 12.0. The van der Waals surface area contributed by atoms with Crippen LogP contribution in [0.2, 0.25) is 0 Å². The minimum atomic E-state index is 0.281. The first-order valence-corrected chi connectivity index (χ1v) is 6.24. The highest BCUT2D eigenvalue weighted by molar-refractivity contribution is 5.20. The molecule has 1 unspecified atom stereocenters. The van der Waals surface area contributed by atoms with Gasteiger partial charge in [-0.2, -0.15) is 0 Å². The summed E-state index contributed by atoms with van der Waals surface area (Å²) in [5.74, 6) is 1.85. The number of furan rings is 1. The van der Waals surface area contributed by atoms with Gasteiger partial charge in [-0.25, -0.2) is 0 Å². The van der Waals surface area contributed by atoms with E-state index in [4.69, 9.17) is 10.2 Å². The number of hydrogen-bond donors (Lipinski definition) is 1. The van der Waals surface area contributed by atoms with E-state index in [2.05, 4.69) is 45.7 Å². The van der Waals surface area contributed by atoms with Gasteiger partial charge in [-0.05, 0) is 32.4 Å². The second-order valence-electron chi connectivity index (χ2n) is 5.96. The summed E-state index contributed by atoms with van der Waals surface area (Å²) in [4.78, 5) is 2.36. The van der Waals surface area contributed by atoms with E-state index in [0.29, 0.717) is 12.6 Å². The van der Waals surface area contributed by atoms with Crippen molar-refractivity contribution in [3.63, 3.8) is 0 Å². The first-order chi connectivity index (χ1) is 7.75. The van der Waals surface area contributed by atoms with Gasteiger partial charge in [0, 0.05) is 18.2 Å². The zero-order valence-corrected chi connectivity index (χ0v) is 12.0. The molecule has 0 fully saturated rings. The molecule has 0 aliphatic rings. The second-order valence-corrected chi connectivity index (χ2v) is 5.96. The number of nitrogens with zero attached hydrogens (tertiary/aromatic N) is 1. The first-order valence-electron chi connectivity index (χ1n) is 6.24. The smallest absolute Gasteiger partial charge is 0.118 e. The van der Waals surface area contributed by atoms with Crippen LogP contribution in [0.3, 0.4) is 0 Å². The van der Waals surface area contributed by atoms with Crippen molar-refractivity contribution in [2.24, 2.45) is 11.1 Å². The van der Waals surface area contributed by atoms with Crippen molar-refractivity contribution in [2.45, 2.75) is 53.8 Å². The molecule has 3 nitrogen and oxygen atoms in total. The van der Waals surface area contributed by atoms with Crippen LogP contribution in [-0.4, -0.2) is 18.0 Å². The van der Waals surface area contributed by atoms with Gasteiger partial charge >= 0.3 is 0 Å². The fraction of sp³-hybridized carbons (Fsp3) is 0.714. The van der Waals surface area contributed by atoms with Crippen molar-refractivity contribution in [3.05, 3.63) is 23.2 Å². The predicted octanol–water partition coefficient (Wildman–Crippen LogP) is 2.91. The van der Waals surface area contributed by atoms with Crippen molar-refractivity contribution in [3.8, 4) is 0 Å². The lowest BCUT2D eigenvalue weighted by atomic mass is 9.87. The molecule has 0 saturated heterocycles. The molecule has 0 spiro atoms. The molecule has 1 atom stereocenters. The van der Waals surface area contributed by atoms with E-state index >= 15 is 0 Å². The topological polar surface area (TPSA) is 42.4 Å². The van der Waals surface area contributed by atoms with Crippen LogP contribution in [0.5, 0.6) is 0 Å². The molecule has 1 aromatic heterocycles. The fourth-order valence-electron chi connectivity index (χ4n) is 1.91. The molecule has 2 N–H and O–H groups in total. The molecular formula is C14H26N2O. The molecular weight excluding hydrogens is 212 g/mol. The molecule has 1 aromatic rings. The zero-order chi connectivity index (χ0) is 13.2. The predicted molar refractivity (Wildman–Crippen MR) is 71.7 cm³/mol. The highest BCUT2D eigenvalue weighted by atomic mass is 16.3. The average molecular weight is 238 g/mol. The van der Waals surface area contributed by atoms with E-state index < -0.39 is 0 Å². The van der Waals surface area contributed by atoms with Gasteiger partial charge in [0.25, 0.3) is 0 Å². The molecule has 17 heavy (non-hydrogen) atoms. The molecule has 0 aromatic carbocycles. The van der Waals surface area contributed by atoms with Crippen molar-refractivity contribution < 1.29 is 4.42 Å². The standard InChI is InChI=1S/C14H26N2O/c1-10-12(7-13(8-15)17-10)9-16(6)11(2)14(3,4)5/h7,11H,8-9,15H2,1-6H3. The van der Waals surface area contributed by atoms with Crippen LogP contribution in [0.15, 0.2) is 10.5 Å². The van der Waals surface area contributed by atoms with E-state index in [1.54, 1.807) is 0 Å². The van der Waals surface area contributed by atoms with Crippen molar-refractivity contribution in [1.29, 1.82) is 0 Å². The molecule has 1 heterocycles. The Kier molecular flexibility index (Phi) is 4.39. The van der Waals surface area contributed by atoms with Gasteiger partial charge in [0.1, 0.15) is 11.5 Å². The fourth-order valence-corrected chi connectivity index (χ4v) is 1.91. The molecule has 1 rings (SSSR count). The van der Waals surface area contributed by atoms with Crippen LogP contribution in [0.25, 0.3) is 0 Å². The molecule has 0 aliphatic heterocycles. The first kappa shape index (κ1) is 14.3. The minimum absolute atomic E-state index is 0.281. The number of hydrogen-bond acceptors (Lipinski definition) is 3. The highest BCUT2D eigenvalue weighted by Gasteiger charge is 2.24. The molecule has 0 saturated carbocycles. The monoisotopic (exact) mass is 238 g/mol. The summed E-state index contributed by atoms with van der Waals surface area (Å²) in [6.45, 7) is 12.4. The quantitative estimate of drug-likeness (QED) is 0.877. The van der Waals surface area contributed by atoms with Crippen molar-refractivity contribution >= 4 is 0 Å². The largest absolute Gasteiger partial charge is 0.465 e. The maximum absolute atomic E-state index is 5.58. The highest BCUT2D eigenvalue weighted by Crippen LogP contribution is 2.25. The van der Waals surface area contributed by atoms with Gasteiger partial charge < -0.3 is 10.2 Å². The summed E-state index contributed by atoms with van der Waals surface area (Å²) in [6.07, 6.45) is 0. The maximum Gasteiger partial charge on any atom is 0.118 e. The van der Waals surface area contributed by atoms with Gasteiger partial charge in [-0.3, -0.25) is 4.90 Å². The third kappa shape index (κ3) is 3.58. The van der Waals surface area contributed by atoms with Crippen LogP contribution >= 0.6 is 0 Å². The van der Waals surface area contributed by atoms with Gasteiger partial charge in [-0.1, -0.05) is 20.8 Å². The van der Waals surface area contributed by atoms with E-state index in [-0.39, 0.29) is 5.41 Å². The summed E-state index contributed by atoms with van der Waals surface area (Å²) < 4.78 is 5.58. The Labute approximate surface area is 105 Å². The van der Waals surface area contributed by atoms with E-state index in [1.807, 2.05) is 6.92 Å². The van der Waals surface area contributed by atoms with E-state index in [9.17, 15) is 0 Å². The van der Waals surface area contributed by atoms with Crippen molar-refractivity contribution in [1.82, 2.24) is 4.90 Å². The van der Waals surface area contributed by atoms with Crippen LogP contribution in [-0.2, 0) is 13.1 Å². The minimum Gasteiger partial charge on any atom is -0.465 e. The summed E-state index contributed by atoms with van der Waals surface area (Å²) >= 11 is 0. The third-order valence-corrected chi connectivity index (χ3v) is 3.61. The Morgan fingerprint density at radius 2 is 2.00 bits per heavy atom. The molecule has 98 valence electrons.